The Morgan fingerprint density at radius 2 is 0.806 bits per heavy atom. The van der Waals surface area contributed by atoms with Crippen LogP contribution in [0.3, 0.4) is 0 Å². The molecular weight excluding hydrogens is 816 g/mol. The molecule has 0 spiro atoms. The second-order valence-electron chi connectivity index (χ2n) is 14.5. The lowest BCUT2D eigenvalue weighted by Crippen LogP contribution is -2.37. The highest BCUT2D eigenvalue weighted by Crippen LogP contribution is 2.18. The van der Waals surface area contributed by atoms with Crippen LogP contribution >= 0.6 is 0 Å². The van der Waals surface area contributed by atoms with Gasteiger partial charge in [0.1, 0.15) is 17.5 Å². The quantitative estimate of drug-likeness (QED) is 0.0278. The molecule has 344 valence electrons. The predicted molar refractivity (Wildman–Crippen MR) is 224 cm³/mol. The number of amides is 3. The average molecular weight is 877 g/mol. The van der Waals surface area contributed by atoms with Crippen molar-refractivity contribution in [2.45, 2.75) is 64.7 Å². The molecule has 24 heteroatoms. The Labute approximate surface area is 357 Å². The minimum atomic E-state index is -0.788. The van der Waals surface area contributed by atoms with Gasteiger partial charge in [-0.25, -0.2) is 14.4 Å². The van der Waals surface area contributed by atoms with E-state index in [1.807, 2.05) is 6.92 Å². The molecule has 0 aliphatic carbocycles. The highest BCUT2D eigenvalue weighted by atomic mass is 16.5. The van der Waals surface area contributed by atoms with E-state index >= 15 is 0 Å². The highest BCUT2D eigenvalue weighted by Gasteiger charge is 2.26. The molecule has 62 heavy (non-hydrogen) atoms. The Kier molecular flexibility index (Phi) is 22.9. The van der Waals surface area contributed by atoms with Crippen LogP contribution in [0.1, 0.15) is 64.7 Å². The van der Waals surface area contributed by atoms with Crippen LogP contribution in [0.2, 0.25) is 0 Å². The lowest BCUT2D eigenvalue weighted by atomic mass is 9.94. The zero-order valence-electron chi connectivity index (χ0n) is 35.0. The van der Waals surface area contributed by atoms with Crippen molar-refractivity contribution in [2.75, 3.05) is 94.9 Å². The fraction of sp³-hybridized carbons (Fsp3) is 0.605. The Balaban J connectivity index is 1.30. The Morgan fingerprint density at radius 3 is 1.08 bits per heavy atom. The summed E-state index contributed by atoms with van der Waals surface area (Å²) >= 11 is 0. The summed E-state index contributed by atoms with van der Waals surface area (Å²) in [7, 11) is 0. The first-order chi connectivity index (χ1) is 29.8. The first kappa shape index (κ1) is 50.1. The summed E-state index contributed by atoms with van der Waals surface area (Å²) in [4.78, 5) is 82.2. The molecule has 3 aromatic rings. The van der Waals surface area contributed by atoms with Crippen LogP contribution in [0.25, 0.3) is 0 Å². The number of rotatable bonds is 33. The van der Waals surface area contributed by atoms with E-state index in [1.54, 1.807) is 0 Å². The number of hydrogen-bond acceptors (Lipinski definition) is 18. The van der Waals surface area contributed by atoms with Crippen LogP contribution in [0, 0.1) is 5.41 Å². The van der Waals surface area contributed by atoms with Crippen LogP contribution < -0.4 is 49.0 Å². The SMILES string of the molecule is CC(COCCNC(=O)CCCCNc1ccn(O)c(=O)n1)(COCCNC(=O)CCCCNc1ccn(O)c(=O)n1)COCCNC(=O)CCCCNc1ccn(O)c(=O)n1. The number of nitrogens with one attached hydrogen (secondary N) is 6. The zero-order chi connectivity index (χ0) is 45.0. The van der Waals surface area contributed by atoms with Gasteiger partial charge in [0.25, 0.3) is 0 Å². The van der Waals surface area contributed by atoms with E-state index in [-0.39, 0.29) is 57.4 Å². The van der Waals surface area contributed by atoms with Gasteiger partial charge in [-0.1, -0.05) is 6.92 Å². The van der Waals surface area contributed by atoms with Gasteiger partial charge < -0.3 is 61.7 Å². The third-order valence-electron chi connectivity index (χ3n) is 8.82. The molecule has 0 bridgehead atoms. The van der Waals surface area contributed by atoms with Crippen molar-refractivity contribution in [1.29, 1.82) is 0 Å². The summed E-state index contributed by atoms with van der Waals surface area (Å²) in [5, 5.41) is 45.1. The van der Waals surface area contributed by atoms with Crippen LogP contribution in [-0.4, -0.2) is 141 Å². The van der Waals surface area contributed by atoms with Crippen LogP contribution in [0.4, 0.5) is 17.5 Å². The molecule has 24 nitrogen and oxygen atoms in total. The van der Waals surface area contributed by atoms with Gasteiger partial charge in [-0.05, 0) is 38.5 Å². The van der Waals surface area contributed by atoms with Gasteiger partial charge in [0.2, 0.25) is 17.7 Å². The van der Waals surface area contributed by atoms with Crippen molar-refractivity contribution in [3.8, 4) is 0 Å². The molecule has 3 rings (SSSR count). The molecule has 3 heterocycles. The molecule has 0 fully saturated rings. The van der Waals surface area contributed by atoms with E-state index in [0.29, 0.717) is 129 Å². The van der Waals surface area contributed by atoms with Crippen molar-refractivity contribution in [3.63, 3.8) is 0 Å². The monoisotopic (exact) mass is 876 g/mol. The van der Waals surface area contributed by atoms with Gasteiger partial charge in [0, 0.05) is 82.1 Å². The average Bonchev–Trinajstić information content (AvgIpc) is 3.24. The summed E-state index contributed by atoms with van der Waals surface area (Å²) in [6.45, 7) is 5.77. The van der Waals surface area contributed by atoms with Gasteiger partial charge >= 0.3 is 17.1 Å². The first-order valence-corrected chi connectivity index (χ1v) is 20.5. The second kappa shape index (κ2) is 28.3. The Morgan fingerprint density at radius 1 is 0.516 bits per heavy atom. The van der Waals surface area contributed by atoms with Crippen molar-refractivity contribution >= 4 is 35.2 Å². The lowest BCUT2D eigenvalue weighted by Gasteiger charge is -2.29. The summed E-state index contributed by atoms with van der Waals surface area (Å²) in [6, 6.07) is 4.40. The van der Waals surface area contributed by atoms with E-state index in [1.165, 1.54) is 36.8 Å². The third-order valence-corrected chi connectivity index (χ3v) is 8.82. The number of nitrogens with zero attached hydrogens (tertiary/aromatic N) is 6. The Bertz CT molecular complexity index is 1770. The van der Waals surface area contributed by atoms with Gasteiger partial charge in [0.05, 0.1) is 58.2 Å². The topological polar surface area (TPSA) is 316 Å². The fourth-order valence-corrected chi connectivity index (χ4v) is 5.50. The highest BCUT2D eigenvalue weighted by molar-refractivity contribution is 5.76. The van der Waals surface area contributed by atoms with E-state index in [2.05, 4.69) is 46.9 Å². The third kappa shape index (κ3) is 21.3. The zero-order valence-corrected chi connectivity index (χ0v) is 35.0. The van der Waals surface area contributed by atoms with Crippen molar-refractivity contribution < 1.29 is 44.2 Å². The predicted octanol–water partition coefficient (Wildman–Crippen LogP) is -0.380. The van der Waals surface area contributed by atoms with Crippen LogP contribution in [0.15, 0.2) is 51.2 Å². The van der Waals surface area contributed by atoms with E-state index in [0.717, 1.165) is 0 Å². The van der Waals surface area contributed by atoms with Gasteiger partial charge in [-0.15, -0.1) is 14.2 Å². The number of anilines is 3. The molecule has 0 unspecified atom stereocenters. The molecule has 0 saturated heterocycles. The van der Waals surface area contributed by atoms with E-state index in [9.17, 15) is 44.4 Å². The largest absolute Gasteiger partial charge is 0.424 e. The minimum Gasteiger partial charge on any atom is -0.424 e. The molecule has 0 aliphatic rings. The molecule has 0 radical (unpaired) electrons. The maximum atomic E-state index is 12.3. The van der Waals surface area contributed by atoms with E-state index < -0.39 is 22.5 Å². The van der Waals surface area contributed by atoms with Gasteiger partial charge in [-0.2, -0.15) is 15.0 Å². The molecule has 0 aromatic carbocycles. The standard InChI is InChI=1S/C38H60N12O12/c1-38(26-60-23-17-42-32(51)8-2-5-14-39-29-11-20-48(57)35(54)45-29,27-61-24-18-43-33(52)9-3-6-15-40-30-12-21-49(58)36(55)46-30)28-62-25-19-44-34(53)10-4-7-16-41-31-13-22-50(59)37(56)47-31/h11-13,20-22,57-59H,2-10,14-19,23-28H2,1H3,(H,42,51)(H,43,52)(H,44,53)(H,39,45,54)(H,40,46,55)(H,41,47,56). The number of aromatic nitrogens is 6. The maximum Gasteiger partial charge on any atom is 0.382 e. The van der Waals surface area contributed by atoms with E-state index in [4.69, 9.17) is 14.2 Å². The number of ether oxygens (including phenoxy) is 3. The van der Waals surface area contributed by atoms with Crippen molar-refractivity contribution in [2.24, 2.45) is 5.41 Å². The number of carbonyl (C=O) groups excluding carboxylic acids is 3. The van der Waals surface area contributed by atoms with Crippen LogP contribution in [-0.2, 0) is 28.6 Å². The number of hydrogen-bond donors (Lipinski definition) is 9. The van der Waals surface area contributed by atoms with Gasteiger partial charge in [-0.3, -0.25) is 14.4 Å². The maximum absolute atomic E-state index is 12.3. The lowest BCUT2D eigenvalue weighted by molar-refractivity contribution is -0.122. The normalized spacial score (nSPS) is 11.2. The minimum absolute atomic E-state index is 0.129. The summed E-state index contributed by atoms with van der Waals surface area (Å²) in [6.07, 6.45) is 8.29. The molecule has 9 N–H and O–H groups in total. The molecule has 3 amide bonds. The van der Waals surface area contributed by atoms with Crippen molar-refractivity contribution in [3.05, 3.63) is 68.2 Å². The molecule has 0 atom stereocenters. The van der Waals surface area contributed by atoms with Crippen molar-refractivity contribution in [1.82, 2.24) is 45.1 Å². The smallest absolute Gasteiger partial charge is 0.382 e. The summed E-state index contributed by atoms with van der Waals surface area (Å²) < 4.78 is 18.9. The molecule has 3 aromatic heterocycles. The van der Waals surface area contributed by atoms with Gasteiger partial charge in [0.15, 0.2) is 0 Å². The summed E-state index contributed by atoms with van der Waals surface area (Å²) in [5.74, 6) is 0.624. The second-order valence-corrected chi connectivity index (χ2v) is 14.5. The molecule has 0 aliphatic heterocycles. The molecular formula is C38H60N12O12. The Hall–Kier alpha value is -6.27. The molecule has 0 saturated carbocycles. The number of unbranched alkanes of at least 4 members (excludes halogenated alkanes) is 3. The number of carbonyl (C=O) groups is 3. The fourth-order valence-electron chi connectivity index (χ4n) is 5.50. The first-order valence-electron chi connectivity index (χ1n) is 20.5. The van der Waals surface area contributed by atoms with Crippen LogP contribution in [0.5, 0.6) is 0 Å². The summed E-state index contributed by atoms with van der Waals surface area (Å²) in [5.41, 5.74) is -2.96.